The van der Waals surface area contributed by atoms with Gasteiger partial charge in [0, 0.05) is 69.9 Å². The highest BCUT2D eigenvalue weighted by Crippen LogP contribution is 2.26. The molecule has 0 amide bonds. The van der Waals surface area contributed by atoms with Crippen LogP contribution in [0.4, 0.5) is 0 Å². The van der Waals surface area contributed by atoms with Crippen molar-refractivity contribution in [1.82, 2.24) is 20.4 Å². The summed E-state index contributed by atoms with van der Waals surface area (Å²) in [5.74, 6) is 3.55. The highest BCUT2D eigenvalue weighted by molar-refractivity contribution is 14.0. The Balaban J connectivity index is 0.00000208. The number of hydrogen-bond acceptors (Lipinski definition) is 4. The van der Waals surface area contributed by atoms with E-state index in [0.29, 0.717) is 6.04 Å². The molecule has 2 aliphatic heterocycles. The van der Waals surface area contributed by atoms with Gasteiger partial charge in [-0.15, -0.1) is 24.0 Å². The van der Waals surface area contributed by atoms with Gasteiger partial charge in [0.15, 0.2) is 5.96 Å². The number of hydrogen-bond donors (Lipinski definition) is 2. The lowest BCUT2D eigenvalue weighted by Gasteiger charge is -2.27. The monoisotopic (exact) mass is 467 g/mol. The first-order valence-electron chi connectivity index (χ1n) is 9.36. The number of aliphatic imine (C=N–C) groups is 1. The molecule has 140 valence electrons. The molecule has 7 heteroatoms. The molecular formula is C17H34IN5S. The van der Waals surface area contributed by atoms with Crippen molar-refractivity contribution in [3.8, 4) is 0 Å². The fraction of sp³-hybridized carbons (Fsp3) is 0.941. The number of rotatable bonds is 5. The molecule has 0 aromatic carbocycles. The van der Waals surface area contributed by atoms with Crippen molar-refractivity contribution in [3.63, 3.8) is 0 Å². The van der Waals surface area contributed by atoms with Crippen molar-refractivity contribution in [2.45, 2.75) is 44.2 Å². The van der Waals surface area contributed by atoms with E-state index in [-0.39, 0.29) is 24.0 Å². The zero-order valence-corrected chi connectivity index (χ0v) is 18.2. The van der Waals surface area contributed by atoms with Crippen LogP contribution in [0, 0.1) is 0 Å². The molecule has 3 aliphatic rings. The summed E-state index contributed by atoms with van der Waals surface area (Å²) in [6.45, 7) is 7.03. The molecule has 2 N–H and O–H groups in total. The summed E-state index contributed by atoms with van der Waals surface area (Å²) in [6.07, 6.45) is 6.93. The van der Waals surface area contributed by atoms with E-state index < -0.39 is 0 Å². The summed E-state index contributed by atoms with van der Waals surface area (Å²) >= 11 is 2.07. The smallest absolute Gasteiger partial charge is 0.191 e. The molecule has 1 aliphatic carbocycles. The average Bonchev–Trinajstić information content (AvgIpc) is 3.26. The fourth-order valence-electron chi connectivity index (χ4n) is 4.05. The fourth-order valence-corrected chi connectivity index (χ4v) is 5.03. The van der Waals surface area contributed by atoms with E-state index in [1.165, 1.54) is 69.8 Å². The third kappa shape index (κ3) is 6.21. The second kappa shape index (κ2) is 11.1. The standard InChI is InChI=1S/C17H33N5S.HI/c1-18-17(19-7-9-21-10-12-23-13-11-21)20-15-6-8-22(14-15)16-4-2-3-5-16;/h15-16H,2-14H2,1H3,(H2,18,19,20);1H. The second-order valence-electron chi connectivity index (χ2n) is 7.02. The van der Waals surface area contributed by atoms with E-state index in [1.54, 1.807) is 0 Å². The Morgan fingerprint density at radius 1 is 1.12 bits per heavy atom. The molecular weight excluding hydrogens is 433 g/mol. The van der Waals surface area contributed by atoms with Gasteiger partial charge < -0.3 is 10.6 Å². The zero-order chi connectivity index (χ0) is 15.9. The minimum absolute atomic E-state index is 0. The van der Waals surface area contributed by atoms with Crippen LogP contribution in [0.1, 0.15) is 32.1 Å². The molecule has 3 rings (SSSR count). The van der Waals surface area contributed by atoms with Gasteiger partial charge in [-0.25, -0.2) is 0 Å². The van der Waals surface area contributed by atoms with Gasteiger partial charge in [0.05, 0.1) is 0 Å². The first kappa shape index (κ1) is 20.6. The van der Waals surface area contributed by atoms with Crippen molar-refractivity contribution in [3.05, 3.63) is 0 Å². The van der Waals surface area contributed by atoms with Crippen LogP contribution in [-0.2, 0) is 0 Å². The van der Waals surface area contributed by atoms with E-state index >= 15 is 0 Å². The summed E-state index contributed by atoms with van der Waals surface area (Å²) in [7, 11) is 1.89. The average molecular weight is 467 g/mol. The van der Waals surface area contributed by atoms with Gasteiger partial charge in [0.25, 0.3) is 0 Å². The number of guanidine groups is 1. The van der Waals surface area contributed by atoms with Crippen LogP contribution in [0.3, 0.4) is 0 Å². The first-order valence-corrected chi connectivity index (χ1v) is 10.5. The Labute approximate surface area is 168 Å². The van der Waals surface area contributed by atoms with Gasteiger partial charge in [0.1, 0.15) is 0 Å². The molecule has 5 nitrogen and oxygen atoms in total. The highest BCUT2D eigenvalue weighted by atomic mass is 127. The highest BCUT2D eigenvalue weighted by Gasteiger charge is 2.30. The molecule has 2 heterocycles. The SMILES string of the molecule is CN=C(NCCN1CCSCC1)NC1CCN(C2CCCC2)C1.I. The number of nitrogens with one attached hydrogen (secondary N) is 2. The van der Waals surface area contributed by atoms with Gasteiger partial charge in [-0.05, 0) is 19.3 Å². The van der Waals surface area contributed by atoms with Crippen LogP contribution in [0.15, 0.2) is 4.99 Å². The topological polar surface area (TPSA) is 42.9 Å². The molecule has 0 aromatic rings. The summed E-state index contributed by atoms with van der Waals surface area (Å²) in [6, 6.07) is 1.42. The van der Waals surface area contributed by atoms with E-state index in [0.717, 1.165) is 25.1 Å². The predicted octanol–water partition coefficient (Wildman–Crippen LogP) is 1.84. The van der Waals surface area contributed by atoms with Crippen LogP contribution < -0.4 is 10.6 Å². The molecule has 3 fully saturated rings. The van der Waals surface area contributed by atoms with Crippen molar-refractivity contribution in [2.75, 3.05) is 57.8 Å². The van der Waals surface area contributed by atoms with Crippen molar-refractivity contribution < 1.29 is 0 Å². The number of likely N-dealkylation sites (tertiary alicyclic amines) is 1. The van der Waals surface area contributed by atoms with Crippen molar-refractivity contribution in [1.29, 1.82) is 0 Å². The first-order chi connectivity index (χ1) is 11.3. The van der Waals surface area contributed by atoms with Crippen LogP contribution in [-0.4, -0.2) is 85.7 Å². The molecule has 0 radical (unpaired) electrons. The maximum absolute atomic E-state index is 4.41. The van der Waals surface area contributed by atoms with Gasteiger partial charge >= 0.3 is 0 Å². The van der Waals surface area contributed by atoms with Crippen LogP contribution in [0.2, 0.25) is 0 Å². The Bertz CT molecular complexity index is 383. The normalized spacial score (nSPS) is 27.2. The van der Waals surface area contributed by atoms with Crippen LogP contribution in [0.5, 0.6) is 0 Å². The maximum Gasteiger partial charge on any atom is 0.191 e. The maximum atomic E-state index is 4.41. The summed E-state index contributed by atoms with van der Waals surface area (Å²) in [4.78, 5) is 9.66. The Morgan fingerprint density at radius 2 is 1.88 bits per heavy atom. The van der Waals surface area contributed by atoms with Gasteiger partial charge in [-0.2, -0.15) is 11.8 Å². The Hall–Kier alpha value is 0.270. The van der Waals surface area contributed by atoms with Gasteiger partial charge in [0.2, 0.25) is 0 Å². The molecule has 0 aromatic heterocycles. The number of halogens is 1. The van der Waals surface area contributed by atoms with E-state index in [9.17, 15) is 0 Å². The molecule has 1 saturated carbocycles. The second-order valence-corrected chi connectivity index (χ2v) is 8.24. The largest absolute Gasteiger partial charge is 0.355 e. The van der Waals surface area contributed by atoms with E-state index in [1.807, 2.05) is 7.05 Å². The lowest BCUT2D eigenvalue weighted by molar-refractivity contribution is 0.242. The molecule has 2 saturated heterocycles. The number of nitrogens with zero attached hydrogens (tertiary/aromatic N) is 3. The molecule has 1 atom stereocenters. The summed E-state index contributed by atoms with van der Waals surface area (Å²) in [5, 5.41) is 7.13. The Kier molecular flexibility index (Phi) is 9.50. The number of thioether (sulfide) groups is 1. The Morgan fingerprint density at radius 3 is 2.58 bits per heavy atom. The lowest BCUT2D eigenvalue weighted by atomic mass is 10.2. The van der Waals surface area contributed by atoms with Crippen molar-refractivity contribution >= 4 is 41.7 Å². The molecule has 0 spiro atoms. The van der Waals surface area contributed by atoms with Crippen LogP contribution >= 0.6 is 35.7 Å². The minimum Gasteiger partial charge on any atom is -0.355 e. The molecule has 24 heavy (non-hydrogen) atoms. The van der Waals surface area contributed by atoms with E-state index in [4.69, 9.17) is 0 Å². The predicted molar refractivity (Wildman–Crippen MR) is 116 cm³/mol. The van der Waals surface area contributed by atoms with Gasteiger partial charge in [-0.3, -0.25) is 14.8 Å². The lowest BCUT2D eigenvalue weighted by Crippen LogP contribution is -2.47. The zero-order valence-electron chi connectivity index (χ0n) is 15.0. The molecule has 1 unspecified atom stereocenters. The van der Waals surface area contributed by atoms with Gasteiger partial charge in [-0.1, -0.05) is 12.8 Å². The minimum atomic E-state index is 0. The third-order valence-corrected chi connectivity index (χ3v) is 6.39. The quantitative estimate of drug-likeness (QED) is 0.367. The van der Waals surface area contributed by atoms with Crippen LogP contribution in [0.25, 0.3) is 0 Å². The van der Waals surface area contributed by atoms with E-state index in [2.05, 4.69) is 37.2 Å². The summed E-state index contributed by atoms with van der Waals surface area (Å²) in [5.41, 5.74) is 0. The summed E-state index contributed by atoms with van der Waals surface area (Å²) < 4.78 is 0. The third-order valence-electron chi connectivity index (χ3n) is 5.45. The molecule has 0 bridgehead atoms. The van der Waals surface area contributed by atoms with Crippen molar-refractivity contribution in [2.24, 2.45) is 4.99 Å².